The van der Waals surface area contributed by atoms with Gasteiger partial charge in [0.15, 0.2) is 0 Å². The highest BCUT2D eigenvalue weighted by molar-refractivity contribution is 7.92. The molecule has 1 atom stereocenters. The molecule has 0 radical (unpaired) electrons. The highest BCUT2D eigenvalue weighted by Gasteiger charge is 2.34. The zero-order chi connectivity index (χ0) is 30.2. The molecule has 3 rings (SSSR count). The van der Waals surface area contributed by atoms with Crippen molar-refractivity contribution in [2.24, 2.45) is 0 Å². The summed E-state index contributed by atoms with van der Waals surface area (Å²) < 4.78 is 39.7. The fourth-order valence-corrected chi connectivity index (χ4v) is 5.86. The number of nitrogens with one attached hydrogen (secondary N) is 1. The normalized spacial score (nSPS) is 12.0. The van der Waals surface area contributed by atoms with Crippen LogP contribution in [-0.4, -0.2) is 58.0 Å². The predicted octanol–water partition coefficient (Wildman–Crippen LogP) is 4.88. The van der Waals surface area contributed by atoms with Crippen molar-refractivity contribution in [2.75, 3.05) is 25.1 Å². The van der Waals surface area contributed by atoms with E-state index >= 15 is 0 Å². The monoisotopic (exact) mass is 601 g/mol. The van der Waals surface area contributed by atoms with Gasteiger partial charge >= 0.3 is 0 Å². The Morgan fingerprint density at radius 2 is 1.56 bits per heavy atom. The number of carbonyl (C=O) groups excluding carboxylic acids is 2. The Kier molecular flexibility index (Phi) is 11.0. The molecular formula is C30H36ClN3O6S. The van der Waals surface area contributed by atoms with E-state index < -0.39 is 28.5 Å². The third-order valence-electron chi connectivity index (χ3n) is 6.36. The lowest BCUT2D eigenvalue weighted by Gasteiger charge is -2.33. The van der Waals surface area contributed by atoms with Gasteiger partial charge in [0.25, 0.3) is 10.0 Å². The molecule has 1 N–H and O–H groups in total. The van der Waals surface area contributed by atoms with Gasteiger partial charge in [-0.05, 0) is 74.4 Å². The molecule has 3 aromatic carbocycles. The maximum atomic E-state index is 14.1. The van der Waals surface area contributed by atoms with Gasteiger partial charge in [-0.2, -0.15) is 0 Å². The summed E-state index contributed by atoms with van der Waals surface area (Å²) in [7, 11) is -1.35. The Morgan fingerprint density at radius 1 is 0.927 bits per heavy atom. The van der Waals surface area contributed by atoms with Crippen LogP contribution in [0.4, 0.5) is 5.69 Å². The number of sulfonamides is 1. The summed E-state index contributed by atoms with van der Waals surface area (Å²) in [4.78, 5) is 28.7. The number of rotatable bonds is 13. The second kappa shape index (κ2) is 14.2. The third kappa shape index (κ3) is 7.92. The average Bonchev–Trinajstić information content (AvgIpc) is 2.96. The van der Waals surface area contributed by atoms with Crippen LogP contribution < -0.4 is 19.1 Å². The lowest BCUT2D eigenvalue weighted by Crippen LogP contribution is -2.53. The summed E-state index contributed by atoms with van der Waals surface area (Å²) in [5.41, 5.74) is 0.922. The van der Waals surface area contributed by atoms with Gasteiger partial charge < -0.3 is 19.7 Å². The molecule has 0 saturated heterocycles. The van der Waals surface area contributed by atoms with E-state index in [1.165, 1.54) is 43.4 Å². The first-order valence-electron chi connectivity index (χ1n) is 13.2. The molecule has 2 amide bonds. The van der Waals surface area contributed by atoms with Crippen LogP contribution >= 0.6 is 11.6 Å². The molecule has 9 nitrogen and oxygen atoms in total. The fraction of sp³-hybridized carbons (Fsp3) is 0.333. The predicted molar refractivity (Wildman–Crippen MR) is 160 cm³/mol. The van der Waals surface area contributed by atoms with Gasteiger partial charge in [-0.15, -0.1) is 0 Å². The smallest absolute Gasteiger partial charge is 0.264 e. The number of amides is 2. The second-order valence-corrected chi connectivity index (χ2v) is 11.9. The molecule has 0 aliphatic carbocycles. The Morgan fingerprint density at radius 3 is 2.12 bits per heavy atom. The van der Waals surface area contributed by atoms with E-state index in [1.807, 2.05) is 13.8 Å². The van der Waals surface area contributed by atoms with E-state index in [9.17, 15) is 18.0 Å². The minimum absolute atomic E-state index is 0.0363. The van der Waals surface area contributed by atoms with Gasteiger partial charge in [0.1, 0.15) is 24.1 Å². The summed E-state index contributed by atoms with van der Waals surface area (Å²) in [6, 6.07) is 18.4. The molecule has 0 fully saturated rings. The number of para-hydroxylation sites is 2. The minimum Gasteiger partial charge on any atom is -0.497 e. The summed E-state index contributed by atoms with van der Waals surface area (Å²) in [5.74, 6) is -0.133. The molecule has 0 aromatic heterocycles. The van der Waals surface area contributed by atoms with Crippen molar-refractivity contribution in [1.29, 1.82) is 0 Å². The van der Waals surface area contributed by atoms with Crippen molar-refractivity contribution in [3.05, 3.63) is 83.4 Å². The van der Waals surface area contributed by atoms with Crippen LogP contribution in [-0.2, 0) is 26.2 Å². The number of anilines is 1. The third-order valence-corrected chi connectivity index (χ3v) is 8.39. The van der Waals surface area contributed by atoms with Crippen molar-refractivity contribution in [3.63, 3.8) is 0 Å². The molecule has 0 unspecified atom stereocenters. The minimum atomic E-state index is -4.26. The average molecular weight is 602 g/mol. The van der Waals surface area contributed by atoms with Crippen LogP contribution in [0.25, 0.3) is 0 Å². The Labute approximate surface area is 247 Å². The van der Waals surface area contributed by atoms with E-state index in [0.717, 1.165) is 9.87 Å². The molecule has 0 aliphatic heterocycles. The molecule has 220 valence electrons. The molecule has 0 heterocycles. The first-order valence-corrected chi connectivity index (χ1v) is 15.0. The van der Waals surface area contributed by atoms with Crippen LogP contribution in [0.5, 0.6) is 11.5 Å². The van der Waals surface area contributed by atoms with Crippen LogP contribution in [0.15, 0.2) is 77.7 Å². The van der Waals surface area contributed by atoms with Crippen molar-refractivity contribution in [3.8, 4) is 11.5 Å². The first-order chi connectivity index (χ1) is 19.5. The number of carbonyl (C=O) groups is 2. The Hall–Kier alpha value is -3.76. The molecule has 0 spiro atoms. The molecule has 41 heavy (non-hydrogen) atoms. The second-order valence-electron chi connectivity index (χ2n) is 9.59. The van der Waals surface area contributed by atoms with Gasteiger partial charge in [0, 0.05) is 17.6 Å². The molecule has 0 saturated carbocycles. The van der Waals surface area contributed by atoms with Crippen LogP contribution in [0, 0.1) is 0 Å². The van der Waals surface area contributed by atoms with Crippen molar-refractivity contribution < 1.29 is 27.5 Å². The zero-order valence-electron chi connectivity index (χ0n) is 23.8. The van der Waals surface area contributed by atoms with Crippen molar-refractivity contribution in [1.82, 2.24) is 10.2 Å². The van der Waals surface area contributed by atoms with Crippen molar-refractivity contribution in [2.45, 2.75) is 50.7 Å². The lowest BCUT2D eigenvalue weighted by atomic mass is 10.1. The van der Waals surface area contributed by atoms with Crippen molar-refractivity contribution >= 4 is 39.1 Å². The highest BCUT2D eigenvalue weighted by atomic mass is 35.5. The summed E-state index contributed by atoms with van der Waals surface area (Å²) in [6.07, 6.45) is 0.317. The van der Waals surface area contributed by atoms with Crippen LogP contribution in [0.3, 0.4) is 0 Å². The molecule has 0 bridgehead atoms. The standard InChI is InChI=1S/C30H36ClN3O6S/c1-6-26(30(36)32-21(2)3)33(19-22-11-13-23(31)14-12-22)29(35)20-34(27-9-7-8-10-28(27)40-5)41(37,38)25-17-15-24(39-4)16-18-25/h7-18,21,26H,6,19-20H2,1-5H3,(H,32,36)/t26-/m1/s1. The quantitative estimate of drug-likeness (QED) is 0.299. The highest BCUT2D eigenvalue weighted by Crippen LogP contribution is 2.33. The topological polar surface area (TPSA) is 105 Å². The summed E-state index contributed by atoms with van der Waals surface area (Å²) >= 11 is 6.06. The largest absolute Gasteiger partial charge is 0.497 e. The van der Waals surface area contributed by atoms with Crippen LogP contribution in [0.1, 0.15) is 32.8 Å². The number of nitrogens with zero attached hydrogens (tertiary/aromatic N) is 2. The first kappa shape index (κ1) is 31.8. The molecule has 0 aliphatic rings. The summed E-state index contributed by atoms with van der Waals surface area (Å²) in [5, 5.41) is 3.41. The van der Waals surface area contributed by atoms with Gasteiger partial charge in [-0.1, -0.05) is 42.8 Å². The Bertz CT molecular complexity index is 1430. The number of benzene rings is 3. The number of hydrogen-bond acceptors (Lipinski definition) is 6. The van der Waals surface area contributed by atoms with Crippen LogP contribution in [0.2, 0.25) is 5.02 Å². The number of hydrogen-bond donors (Lipinski definition) is 1. The van der Waals surface area contributed by atoms with Gasteiger partial charge in [0.2, 0.25) is 11.8 Å². The molecular weight excluding hydrogens is 566 g/mol. The van der Waals surface area contributed by atoms with E-state index in [1.54, 1.807) is 55.5 Å². The van der Waals surface area contributed by atoms with E-state index in [-0.39, 0.29) is 34.8 Å². The molecule has 11 heteroatoms. The van der Waals surface area contributed by atoms with E-state index in [4.69, 9.17) is 21.1 Å². The van der Waals surface area contributed by atoms with E-state index in [0.29, 0.717) is 17.2 Å². The maximum absolute atomic E-state index is 14.1. The maximum Gasteiger partial charge on any atom is 0.264 e. The van der Waals surface area contributed by atoms with Gasteiger partial charge in [-0.25, -0.2) is 8.42 Å². The van der Waals surface area contributed by atoms with Gasteiger partial charge in [0.05, 0.1) is 24.8 Å². The number of halogens is 1. The SMILES string of the molecule is CC[C@H](C(=O)NC(C)C)N(Cc1ccc(Cl)cc1)C(=O)CN(c1ccccc1OC)S(=O)(=O)c1ccc(OC)cc1. The Balaban J connectivity index is 2.10. The van der Waals surface area contributed by atoms with Gasteiger partial charge in [-0.3, -0.25) is 13.9 Å². The van der Waals surface area contributed by atoms with E-state index in [2.05, 4.69) is 5.32 Å². The molecule has 3 aromatic rings. The zero-order valence-corrected chi connectivity index (χ0v) is 25.4. The summed E-state index contributed by atoms with van der Waals surface area (Å²) in [6.45, 7) is 4.97. The fourth-order valence-electron chi connectivity index (χ4n) is 4.31. The number of ether oxygens (including phenoxy) is 2. The lowest BCUT2D eigenvalue weighted by molar-refractivity contribution is -0.140. The number of methoxy groups -OCH3 is 2.